The number of hydrogen-bond acceptors (Lipinski definition) is 12. The Kier molecular flexibility index (Phi) is 12.2. The summed E-state index contributed by atoms with van der Waals surface area (Å²) in [5.41, 5.74) is -1.85. The molecule has 5 fully saturated rings. The smallest absolute Gasteiger partial charge is 0.726 e. The van der Waals surface area contributed by atoms with Gasteiger partial charge in [0.25, 0.3) is 0 Å². The Bertz CT molecular complexity index is 1160. The van der Waals surface area contributed by atoms with Gasteiger partial charge in [-0.05, 0) is 91.8 Å². The first kappa shape index (κ1) is 39.3. The number of rotatable bonds is 10. The van der Waals surface area contributed by atoms with Gasteiger partial charge >= 0.3 is 29.6 Å². The minimum Gasteiger partial charge on any atom is -0.726 e. The van der Waals surface area contributed by atoms with E-state index in [1.165, 1.54) is 0 Å². The molecule has 0 amide bonds. The van der Waals surface area contributed by atoms with Crippen LogP contribution in [0, 0.1) is 46.3 Å². The third kappa shape index (κ3) is 7.04. The molecule has 12 nitrogen and oxygen atoms in total. The van der Waals surface area contributed by atoms with Crippen molar-refractivity contribution in [2.24, 2.45) is 46.3 Å². The van der Waals surface area contributed by atoms with Gasteiger partial charge in [-0.1, -0.05) is 34.6 Å². The first-order chi connectivity index (χ1) is 20.9. The molecular weight excluding hydrogens is 631 g/mol. The normalized spacial score (nSPS) is 48.7. The Morgan fingerprint density at radius 2 is 1.63 bits per heavy atom. The second-order valence-electron chi connectivity index (χ2n) is 15.9. The van der Waals surface area contributed by atoms with Crippen LogP contribution in [0.25, 0.3) is 0 Å². The summed E-state index contributed by atoms with van der Waals surface area (Å²) in [5, 5.41) is 66.1. The van der Waals surface area contributed by atoms with Crippen molar-refractivity contribution in [3.8, 4) is 0 Å². The average molecular weight is 687 g/mol. The van der Waals surface area contributed by atoms with E-state index in [1.54, 1.807) is 0 Å². The van der Waals surface area contributed by atoms with Crippen LogP contribution in [-0.4, -0.2) is 105 Å². The van der Waals surface area contributed by atoms with E-state index in [9.17, 15) is 43.6 Å². The van der Waals surface area contributed by atoms with Crippen LogP contribution in [-0.2, 0) is 24.1 Å². The summed E-state index contributed by atoms with van der Waals surface area (Å²) in [5.74, 6) is -0.265. The molecule has 0 radical (unpaired) electrons. The second-order valence-corrected chi connectivity index (χ2v) is 17.0. The van der Waals surface area contributed by atoms with Crippen molar-refractivity contribution in [2.75, 3.05) is 6.61 Å². The van der Waals surface area contributed by atoms with Gasteiger partial charge in [0.1, 0.15) is 18.3 Å². The van der Waals surface area contributed by atoms with Crippen LogP contribution in [0.15, 0.2) is 0 Å². The summed E-state index contributed by atoms with van der Waals surface area (Å²) in [6.45, 7) is 9.75. The molecule has 1 saturated heterocycles. The molecule has 0 bridgehead atoms. The fourth-order valence-corrected chi connectivity index (χ4v) is 11.5. The molecule has 6 N–H and O–H groups in total. The summed E-state index contributed by atoms with van der Waals surface area (Å²) in [6, 6.07) is 0. The van der Waals surface area contributed by atoms with E-state index in [0.717, 1.165) is 19.3 Å². The molecule has 46 heavy (non-hydrogen) atoms. The fraction of sp³-hybridized carbons (Fsp3) is 1.00. The predicted octanol–water partition coefficient (Wildman–Crippen LogP) is -1.55. The molecule has 5 rings (SSSR count). The van der Waals surface area contributed by atoms with Crippen molar-refractivity contribution in [2.45, 2.75) is 147 Å². The van der Waals surface area contributed by atoms with Crippen molar-refractivity contribution in [3.05, 3.63) is 0 Å². The molecule has 4 saturated carbocycles. The number of fused-ring (bicyclic) bond motifs is 5. The van der Waals surface area contributed by atoms with Crippen molar-refractivity contribution in [3.63, 3.8) is 0 Å². The van der Waals surface area contributed by atoms with Gasteiger partial charge in [0, 0.05) is 12.3 Å². The first-order valence-electron chi connectivity index (χ1n) is 16.9. The molecule has 1 heterocycles. The molecule has 14 heteroatoms. The van der Waals surface area contributed by atoms with E-state index in [0.29, 0.717) is 32.1 Å². The third-order valence-corrected chi connectivity index (χ3v) is 13.5. The molecular formula is C32H55NaO12S. The largest absolute Gasteiger partial charge is 1.00 e. The van der Waals surface area contributed by atoms with Gasteiger partial charge in [0.2, 0.25) is 10.4 Å². The van der Waals surface area contributed by atoms with Crippen LogP contribution in [0.1, 0.15) is 92.4 Å². The Morgan fingerprint density at radius 1 is 0.978 bits per heavy atom. The molecule has 1 aliphatic heterocycles. The predicted molar refractivity (Wildman–Crippen MR) is 160 cm³/mol. The number of aliphatic hydroxyl groups excluding tert-OH is 5. The van der Waals surface area contributed by atoms with Crippen LogP contribution >= 0.6 is 0 Å². The molecule has 4 aliphatic carbocycles. The van der Waals surface area contributed by atoms with E-state index in [-0.39, 0.29) is 82.3 Å². The van der Waals surface area contributed by atoms with Gasteiger partial charge in [-0.15, -0.1) is 0 Å². The number of hydrogen-bond donors (Lipinski definition) is 6. The number of ether oxygens (including phenoxy) is 2. The van der Waals surface area contributed by atoms with Gasteiger partial charge in [0.05, 0.1) is 36.6 Å². The molecule has 7 unspecified atom stereocenters. The SMILES string of the molecule is CC(C)[C@H](CC[C@@H](C)[C@H]1C[C@H](O)C2[C@]3(O)C[C@H](O)C4C[C@@H](O)CC[C@]4(C)C3CC[C@@]21C)OC1OC(CO)C(OS(=O)(=O)[O-])C1O.[Na+]. The van der Waals surface area contributed by atoms with Crippen LogP contribution < -0.4 is 29.6 Å². The molecule has 5 aliphatic rings. The zero-order valence-corrected chi connectivity index (χ0v) is 31.0. The molecule has 0 aromatic rings. The van der Waals surface area contributed by atoms with Crippen LogP contribution in [0.5, 0.6) is 0 Å². The van der Waals surface area contributed by atoms with Gasteiger partial charge in [-0.25, -0.2) is 8.42 Å². The molecule has 16 atom stereocenters. The average Bonchev–Trinajstić information content (AvgIpc) is 3.38. The van der Waals surface area contributed by atoms with Gasteiger partial charge in [-0.3, -0.25) is 4.18 Å². The Balaban J connectivity index is 0.00000480. The maximum atomic E-state index is 12.5. The summed E-state index contributed by atoms with van der Waals surface area (Å²) in [6.07, 6.45) is -2.34. The van der Waals surface area contributed by atoms with Gasteiger partial charge in [0.15, 0.2) is 6.29 Å². The van der Waals surface area contributed by atoms with Crippen LogP contribution in [0.3, 0.4) is 0 Å². The van der Waals surface area contributed by atoms with E-state index < -0.39 is 71.6 Å². The van der Waals surface area contributed by atoms with Crippen molar-refractivity contribution >= 4 is 10.4 Å². The summed E-state index contributed by atoms with van der Waals surface area (Å²) in [4.78, 5) is 0. The Labute approximate surface area is 295 Å². The summed E-state index contributed by atoms with van der Waals surface area (Å²) in [7, 11) is -5.15. The zero-order valence-electron chi connectivity index (χ0n) is 28.2. The molecule has 0 aromatic heterocycles. The monoisotopic (exact) mass is 686 g/mol. The molecule has 262 valence electrons. The van der Waals surface area contributed by atoms with E-state index in [4.69, 9.17) is 9.47 Å². The van der Waals surface area contributed by atoms with Gasteiger partial charge < -0.3 is 44.7 Å². The first-order valence-corrected chi connectivity index (χ1v) is 18.2. The summed E-state index contributed by atoms with van der Waals surface area (Å²) >= 11 is 0. The van der Waals surface area contributed by atoms with Gasteiger partial charge in [-0.2, -0.15) is 0 Å². The van der Waals surface area contributed by atoms with E-state index in [2.05, 4.69) is 25.0 Å². The fourth-order valence-electron chi connectivity index (χ4n) is 11.0. The maximum Gasteiger partial charge on any atom is 1.00 e. The zero-order chi connectivity index (χ0) is 33.3. The Hall–Kier alpha value is 0.550. The van der Waals surface area contributed by atoms with Crippen molar-refractivity contribution < 1.29 is 86.8 Å². The molecule has 0 spiro atoms. The van der Waals surface area contributed by atoms with Crippen LogP contribution in [0.4, 0.5) is 0 Å². The second kappa shape index (κ2) is 14.3. The standard InChI is InChI=1S/C32H56O12S.Na/c1-16(2)23(42-29-26(37)27(24(15-33)43-29)44-45(39,40)41)7-6-17(3)19-13-21(35)28-31(19,5)11-9-25-30(4)10-8-18(34)12-20(30)22(36)14-32(25,28)38;/h16-29,33-38H,6-15H2,1-5H3,(H,39,40,41);/q;+1/p-1/t17-,18+,19-,20?,21+,22+,23+,24?,25?,26?,27?,28?,29?,30+,31-,32+;/m1./s1. The quantitative estimate of drug-likeness (QED) is 0.0878. The topological polar surface area (TPSA) is 206 Å². The van der Waals surface area contributed by atoms with E-state index >= 15 is 0 Å². The Morgan fingerprint density at radius 3 is 2.24 bits per heavy atom. The third-order valence-electron chi connectivity index (χ3n) is 13.1. The summed E-state index contributed by atoms with van der Waals surface area (Å²) < 4.78 is 49.6. The maximum absolute atomic E-state index is 12.5. The van der Waals surface area contributed by atoms with Crippen molar-refractivity contribution in [1.29, 1.82) is 0 Å². The van der Waals surface area contributed by atoms with Crippen LogP contribution in [0.2, 0.25) is 0 Å². The minimum absolute atomic E-state index is 0. The molecule has 0 aromatic carbocycles. The van der Waals surface area contributed by atoms with E-state index in [1.807, 2.05) is 13.8 Å². The van der Waals surface area contributed by atoms with Crippen molar-refractivity contribution in [1.82, 2.24) is 0 Å². The number of aliphatic hydroxyl groups is 6. The minimum atomic E-state index is -5.15.